The van der Waals surface area contributed by atoms with Gasteiger partial charge in [-0.15, -0.1) is 23.5 Å². The number of unbranched alkanes of at least 4 members (excludes halogenated alkanes) is 2. The highest BCUT2D eigenvalue weighted by atomic mass is 32.2. The quantitative estimate of drug-likeness (QED) is 0.519. The lowest BCUT2D eigenvalue weighted by atomic mass is 10.3. The zero-order valence-corrected chi connectivity index (χ0v) is 12.4. The zero-order valence-electron chi connectivity index (χ0n) is 10.7. The van der Waals surface area contributed by atoms with Crippen LogP contribution in [-0.2, 0) is 0 Å². The second kappa shape index (κ2) is 8.76. The molecule has 0 atom stereocenters. The molecule has 17 heavy (non-hydrogen) atoms. The molecule has 0 fully saturated rings. The van der Waals surface area contributed by atoms with Gasteiger partial charge in [-0.2, -0.15) is 0 Å². The van der Waals surface area contributed by atoms with Crippen LogP contribution in [0.2, 0.25) is 0 Å². The second-order valence-corrected chi connectivity index (χ2v) is 6.28. The van der Waals surface area contributed by atoms with Crippen molar-refractivity contribution in [2.45, 2.75) is 49.3 Å². The third-order valence-electron chi connectivity index (χ3n) is 2.47. The molecule has 0 heterocycles. The number of hydrogen-bond acceptors (Lipinski definition) is 3. The average molecular weight is 270 g/mol. The van der Waals surface area contributed by atoms with Crippen molar-refractivity contribution in [2.75, 3.05) is 11.5 Å². The van der Waals surface area contributed by atoms with Crippen LogP contribution in [0.3, 0.4) is 0 Å². The van der Waals surface area contributed by atoms with Gasteiger partial charge in [0.1, 0.15) is 5.75 Å². The van der Waals surface area contributed by atoms with E-state index in [0.29, 0.717) is 5.75 Å². The van der Waals surface area contributed by atoms with Crippen LogP contribution in [-0.4, -0.2) is 16.6 Å². The van der Waals surface area contributed by atoms with Crippen LogP contribution in [0, 0.1) is 0 Å². The number of rotatable bonds is 8. The van der Waals surface area contributed by atoms with E-state index >= 15 is 0 Å². The molecule has 0 aromatic heterocycles. The van der Waals surface area contributed by atoms with E-state index < -0.39 is 0 Å². The van der Waals surface area contributed by atoms with Crippen LogP contribution >= 0.6 is 23.5 Å². The monoisotopic (exact) mass is 270 g/mol. The molecule has 0 aliphatic heterocycles. The molecule has 0 saturated heterocycles. The fraction of sp³-hybridized carbons (Fsp3) is 0.571. The van der Waals surface area contributed by atoms with Crippen molar-refractivity contribution in [1.29, 1.82) is 0 Å². The molecular formula is C14H22OS2. The van der Waals surface area contributed by atoms with E-state index in [9.17, 15) is 5.11 Å². The highest BCUT2D eigenvalue weighted by molar-refractivity contribution is 8.00. The van der Waals surface area contributed by atoms with Crippen molar-refractivity contribution in [3.63, 3.8) is 0 Å². The Kier molecular flexibility index (Phi) is 7.62. The maximum Gasteiger partial charge on any atom is 0.142 e. The largest absolute Gasteiger partial charge is 0.506 e. The number of phenolic OH excluding ortho intramolecular Hbond substituents is 1. The lowest BCUT2D eigenvalue weighted by Gasteiger charge is -2.08. The summed E-state index contributed by atoms with van der Waals surface area (Å²) in [6, 6.07) is 6.07. The molecule has 0 bridgehead atoms. The van der Waals surface area contributed by atoms with E-state index in [1.165, 1.54) is 25.7 Å². The summed E-state index contributed by atoms with van der Waals surface area (Å²) >= 11 is 3.52. The molecule has 0 amide bonds. The number of para-hydroxylation sites is 1. The summed E-state index contributed by atoms with van der Waals surface area (Å²) in [5.74, 6) is 2.66. The normalized spacial score (nSPS) is 10.7. The molecule has 1 rings (SSSR count). The van der Waals surface area contributed by atoms with Gasteiger partial charge >= 0.3 is 0 Å². The van der Waals surface area contributed by atoms with Gasteiger partial charge in [0.15, 0.2) is 0 Å². The van der Waals surface area contributed by atoms with E-state index in [1.807, 2.05) is 18.2 Å². The summed E-state index contributed by atoms with van der Waals surface area (Å²) in [4.78, 5) is 2.06. The molecule has 0 unspecified atom stereocenters. The van der Waals surface area contributed by atoms with Crippen molar-refractivity contribution in [3.8, 4) is 5.75 Å². The Morgan fingerprint density at radius 2 is 1.41 bits per heavy atom. The number of phenols is 1. The summed E-state index contributed by atoms with van der Waals surface area (Å²) in [6.07, 6.45) is 4.83. The van der Waals surface area contributed by atoms with Gasteiger partial charge in [-0.1, -0.05) is 32.8 Å². The first kappa shape index (κ1) is 14.8. The number of thioether (sulfide) groups is 2. The maximum absolute atomic E-state index is 10.1. The predicted molar refractivity (Wildman–Crippen MR) is 79.4 cm³/mol. The SMILES string of the molecule is CCCCSc1cccc(SCCCC)c1O. The van der Waals surface area contributed by atoms with Crippen molar-refractivity contribution >= 4 is 23.5 Å². The van der Waals surface area contributed by atoms with Crippen LogP contribution in [0.4, 0.5) is 0 Å². The molecule has 96 valence electrons. The number of hydrogen-bond donors (Lipinski definition) is 1. The van der Waals surface area contributed by atoms with Crippen molar-refractivity contribution in [2.24, 2.45) is 0 Å². The van der Waals surface area contributed by atoms with E-state index in [4.69, 9.17) is 0 Å². The smallest absolute Gasteiger partial charge is 0.142 e. The van der Waals surface area contributed by atoms with Gasteiger partial charge in [0.25, 0.3) is 0 Å². The molecule has 1 N–H and O–H groups in total. The summed E-state index contributed by atoms with van der Waals surface area (Å²) in [5, 5.41) is 10.1. The summed E-state index contributed by atoms with van der Waals surface area (Å²) in [6.45, 7) is 4.38. The zero-order chi connectivity index (χ0) is 12.5. The highest BCUT2D eigenvalue weighted by Crippen LogP contribution is 2.37. The molecule has 0 aliphatic carbocycles. The molecule has 1 aromatic carbocycles. The minimum absolute atomic E-state index is 0.481. The number of benzene rings is 1. The molecular weight excluding hydrogens is 248 g/mol. The Labute approximate surface area is 113 Å². The third-order valence-corrected chi connectivity index (χ3v) is 4.74. The van der Waals surface area contributed by atoms with Crippen LogP contribution in [0.1, 0.15) is 39.5 Å². The highest BCUT2D eigenvalue weighted by Gasteiger charge is 2.07. The molecule has 1 nitrogen and oxygen atoms in total. The Morgan fingerprint density at radius 3 is 1.82 bits per heavy atom. The van der Waals surface area contributed by atoms with Crippen molar-refractivity contribution in [3.05, 3.63) is 18.2 Å². The van der Waals surface area contributed by atoms with Crippen LogP contribution in [0.25, 0.3) is 0 Å². The molecule has 0 radical (unpaired) electrons. The second-order valence-electron chi connectivity index (χ2n) is 4.01. The summed E-state index contributed by atoms with van der Waals surface area (Å²) < 4.78 is 0. The molecule has 0 saturated carbocycles. The van der Waals surface area contributed by atoms with Gasteiger partial charge in [0.2, 0.25) is 0 Å². The van der Waals surface area contributed by atoms with Gasteiger partial charge < -0.3 is 5.11 Å². The summed E-state index contributed by atoms with van der Waals surface area (Å²) in [7, 11) is 0. The molecule has 3 heteroatoms. The minimum atomic E-state index is 0.481. The minimum Gasteiger partial charge on any atom is -0.506 e. The fourth-order valence-corrected chi connectivity index (χ4v) is 3.60. The van der Waals surface area contributed by atoms with Gasteiger partial charge in [-0.05, 0) is 36.5 Å². The topological polar surface area (TPSA) is 20.2 Å². The molecule has 0 aliphatic rings. The van der Waals surface area contributed by atoms with Gasteiger partial charge in [0, 0.05) is 0 Å². The van der Waals surface area contributed by atoms with E-state index in [2.05, 4.69) is 13.8 Å². The van der Waals surface area contributed by atoms with Gasteiger partial charge in [-0.25, -0.2) is 0 Å². The standard InChI is InChI=1S/C14H22OS2/c1-3-5-10-16-12-8-7-9-13(14(12)15)17-11-6-4-2/h7-9,15H,3-6,10-11H2,1-2H3. The Morgan fingerprint density at radius 1 is 0.941 bits per heavy atom. The van der Waals surface area contributed by atoms with Crippen molar-refractivity contribution < 1.29 is 5.11 Å². The first-order chi connectivity index (χ1) is 8.29. The van der Waals surface area contributed by atoms with Crippen LogP contribution in [0.5, 0.6) is 5.75 Å². The lowest BCUT2D eigenvalue weighted by Crippen LogP contribution is -1.83. The number of aromatic hydroxyl groups is 1. The summed E-state index contributed by atoms with van der Waals surface area (Å²) in [5.41, 5.74) is 0. The van der Waals surface area contributed by atoms with E-state index in [1.54, 1.807) is 23.5 Å². The van der Waals surface area contributed by atoms with E-state index in [-0.39, 0.29) is 0 Å². The van der Waals surface area contributed by atoms with Crippen LogP contribution in [0.15, 0.2) is 28.0 Å². The van der Waals surface area contributed by atoms with Gasteiger partial charge in [-0.3, -0.25) is 0 Å². The third kappa shape index (κ3) is 5.26. The van der Waals surface area contributed by atoms with Crippen LogP contribution < -0.4 is 0 Å². The Hall–Kier alpha value is -0.280. The first-order valence-electron chi connectivity index (χ1n) is 6.37. The predicted octanol–water partition coefficient (Wildman–Crippen LogP) is 5.18. The first-order valence-corrected chi connectivity index (χ1v) is 8.34. The van der Waals surface area contributed by atoms with Gasteiger partial charge in [0.05, 0.1) is 9.79 Å². The molecule has 1 aromatic rings. The Bertz CT molecular complexity index is 298. The lowest BCUT2D eigenvalue weighted by molar-refractivity contribution is 0.449. The fourth-order valence-electron chi connectivity index (χ4n) is 1.39. The maximum atomic E-state index is 10.1. The Balaban J connectivity index is 2.56. The average Bonchev–Trinajstić information content (AvgIpc) is 2.34. The van der Waals surface area contributed by atoms with E-state index in [0.717, 1.165) is 21.3 Å². The molecule has 0 spiro atoms. The van der Waals surface area contributed by atoms with Crippen molar-refractivity contribution in [1.82, 2.24) is 0 Å².